The van der Waals surface area contributed by atoms with Gasteiger partial charge in [0.25, 0.3) is 5.91 Å². The van der Waals surface area contributed by atoms with Crippen LogP contribution in [0.4, 0.5) is 5.69 Å². The van der Waals surface area contributed by atoms with Crippen molar-refractivity contribution >= 4 is 29.1 Å². The van der Waals surface area contributed by atoms with Crippen LogP contribution in [0.2, 0.25) is 5.02 Å². The number of carbonyl (C=O) groups is 2. The van der Waals surface area contributed by atoms with Crippen molar-refractivity contribution in [2.75, 3.05) is 25.0 Å². The number of hydrogen-bond donors (Lipinski definition) is 1. The minimum atomic E-state index is -0.151. The van der Waals surface area contributed by atoms with E-state index in [1.165, 1.54) is 6.07 Å². The van der Waals surface area contributed by atoms with E-state index in [0.29, 0.717) is 42.3 Å². The predicted molar refractivity (Wildman–Crippen MR) is 106 cm³/mol. The molecule has 6 nitrogen and oxygen atoms in total. The summed E-state index contributed by atoms with van der Waals surface area (Å²) < 4.78 is 5.49. The molecule has 1 N–H and O–H groups in total. The van der Waals surface area contributed by atoms with Crippen LogP contribution >= 0.6 is 11.6 Å². The van der Waals surface area contributed by atoms with Gasteiger partial charge in [0.2, 0.25) is 5.91 Å². The molecular weight excluding hydrogens is 378 g/mol. The van der Waals surface area contributed by atoms with Gasteiger partial charge in [0.05, 0.1) is 16.7 Å². The summed E-state index contributed by atoms with van der Waals surface area (Å²) >= 11 is 6.05. The molecule has 0 spiro atoms. The Bertz CT molecular complexity index is 888. The maximum atomic E-state index is 12.4. The molecule has 0 saturated carbocycles. The van der Waals surface area contributed by atoms with Gasteiger partial charge in [-0.25, -0.2) is 0 Å². The van der Waals surface area contributed by atoms with Crippen LogP contribution < -0.4 is 10.1 Å². The predicted octanol–water partition coefficient (Wildman–Crippen LogP) is 3.47. The fourth-order valence-electron chi connectivity index (χ4n) is 3.08. The summed E-state index contributed by atoms with van der Waals surface area (Å²) in [6.45, 7) is 0.888. The largest absolute Gasteiger partial charge is 0.482 e. The first-order valence-electron chi connectivity index (χ1n) is 9.03. The second kappa shape index (κ2) is 9.25. The highest BCUT2D eigenvalue weighted by Crippen LogP contribution is 2.25. The van der Waals surface area contributed by atoms with E-state index in [9.17, 15) is 9.59 Å². The molecule has 1 saturated heterocycles. The lowest BCUT2D eigenvalue weighted by Gasteiger charge is -2.31. The third-order valence-electron chi connectivity index (χ3n) is 4.67. The topological polar surface area (TPSA) is 82.4 Å². The SMILES string of the molecule is N#Cc1ccc(OCC(=O)N2CCC(C(=O)Nc3ccccc3)CC2)c(Cl)c1. The average molecular weight is 398 g/mol. The van der Waals surface area contributed by atoms with Crippen molar-refractivity contribution in [3.63, 3.8) is 0 Å². The van der Waals surface area contributed by atoms with Crippen LogP contribution in [0.15, 0.2) is 48.5 Å². The van der Waals surface area contributed by atoms with Crippen molar-refractivity contribution in [3.8, 4) is 11.8 Å². The summed E-state index contributed by atoms with van der Waals surface area (Å²) in [5, 5.41) is 12.1. The van der Waals surface area contributed by atoms with E-state index < -0.39 is 0 Å². The first-order chi connectivity index (χ1) is 13.6. The highest BCUT2D eigenvalue weighted by Gasteiger charge is 2.27. The smallest absolute Gasteiger partial charge is 0.260 e. The number of likely N-dealkylation sites (tertiary alicyclic amines) is 1. The lowest BCUT2D eigenvalue weighted by molar-refractivity contribution is -0.136. The second-order valence-electron chi connectivity index (χ2n) is 6.56. The highest BCUT2D eigenvalue weighted by atomic mass is 35.5. The zero-order valence-corrected chi connectivity index (χ0v) is 16.0. The normalized spacial score (nSPS) is 14.2. The quantitative estimate of drug-likeness (QED) is 0.837. The maximum Gasteiger partial charge on any atom is 0.260 e. The second-order valence-corrected chi connectivity index (χ2v) is 6.96. The Kier molecular flexibility index (Phi) is 6.51. The Morgan fingerprint density at radius 1 is 1.18 bits per heavy atom. The molecule has 0 unspecified atom stereocenters. The van der Waals surface area contributed by atoms with Gasteiger partial charge in [-0.05, 0) is 43.2 Å². The number of carbonyl (C=O) groups excluding carboxylic acids is 2. The molecule has 0 radical (unpaired) electrons. The van der Waals surface area contributed by atoms with Gasteiger partial charge >= 0.3 is 0 Å². The van der Waals surface area contributed by atoms with Crippen LogP contribution in [0.25, 0.3) is 0 Å². The van der Waals surface area contributed by atoms with E-state index >= 15 is 0 Å². The Morgan fingerprint density at radius 3 is 2.54 bits per heavy atom. The van der Waals surface area contributed by atoms with Crippen LogP contribution in [-0.2, 0) is 9.59 Å². The summed E-state index contributed by atoms with van der Waals surface area (Å²) in [7, 11) is 0. The van der Waals surface area contributed by atoms with Gasteiger partial charge in [0.15, 0.2) is 6.61 Å². The molecule has 1 heterocycles. The van der Waals surface area contributed by atoms with Gasteiger partial charge in [-0.3, -0.25) is 9.59 Å². The molecule has 144 valence electrons. The minimum Gasteiger partial charge on any atom is -0.482 e. The van der Waals surface area contributed by atoms with Crippen molar-refractivity contribution in [1.82, 2.24) is 4.90 Å². The van der Waals surface area contributed by atoms with Crippen LogP contribution in [0.3, 0.4) is 0 Å². The molecular formula is C21H20ClN3O3. The molecule has 2 amide bonds. The summed E-state index contributed by atoms with van der Waals surface area (Å²) in [5.41, 5.74) is 1.21. The van der Waals surface area contributed by atoms with Crippen molar-refractivity contribution in [2.24, 2.45) is 5.92 Å². The number of para-hydroxylation sites is 1. The molecule has 28 heavy (non-hydrogen) atoms. The zero-order chi connectivity index (χ0) is 19.9. The van der Waals surface area contributed by atoms with Crippen LogP contribution in [0, 0.1) is 17.2 Å². The number of nitriles is 1. The summed E-state index contributed by atoms with van der Waals surface area (Å²) in [4.78, 5) is 26.4. The molecule has 0 bridgehead atoms. The van der Waals surface area contributed by atoms with Gasteiger partial charge in [0.1, 0.15) is 5.75 Å². The molecule has 0 aliphatic carbocycles. The molecule has 7 heteroatoms. The molecule has 1 fully saturated rings. The molecule has 0 atom stereocenters. The highest BCUT2D eigenvalue weighted by molar-refractivity contribution is 6.32. The number of piperidine rings is 1. The minimum absolute atomic E-state index is 0.0149. The monoisotopic (exact) mass is 397 g/mol. The fourth-order valence-corrected chi connectivity index (χ4v) is 3.31. The number of halogens is 1. The summed E-state index contributed by atoms with van der Waals surface area (Å²) in [6, 6.07) is 16.0. The van der Waals surface area contributed by atoms with Crippen LogP contribution in [0.5, 0.6) is 5.75 Å². The van der Waals surface area contributed by atoms with Gasteiger partial charge in [0, 0.05) is 24.7 Å². The van der Waals surface area contributed by atoms with E-state index in [1.54, 1.807) is 17.0 Å². The van der Waals surface area contributed by atoms with E-state index in [-0.39, 0.29) is 24.3 Å². The standard InChI is InChI=1S/C21H20ClN3O3/c22-18-12-15(13-23)6-7-19(18)28-14-20(26)25-10-8-16(9-11-25)21(27)24-17-4-2-1-3-5-17/h1-7,12,16H,8-11,14H2,(H,24,27). The Hall–Kier alpha value is -3.04. The molecule has 1 aliphatic heterocycles. The van der Waals surface area contributed by atoms with Crippen molar-refractivity contribution < 1.29 is 14.3 Å². The Morgan fingerprint density at radius 2 is 1.89 bits per heavy atom. The van der Waals surface area contributed by atoms with Crippen molar-refractivity contribution in [3.05, 3.63) is 59.1 Å². The third kappa shape index (κ3) is 5.02. The van der Waals surface area contributed by atoms with E-state index in [2.05, 4.69) is 5.32 Å². The van der Waals surface area contributed by atoms with E-state index in [4.69, 9.17) is 21.6 Å². The number of hydrogen-bond acceptors (Lipinski definition) is 4. The van der Waals surface area contributed by atoms with Gasteiger partial charge < -0.3 is 15.0 Å². The van der Waals surface area contributed by atoms with Crippen LogP contribution in [-0.4, -0.2) is 36.4 Å². The molecule has 0 aromatic heterocycles. The first kappa shape index (κ1) is 19.7. The van der Waals surface area contributed by atoms with Gasteiger partial charge in [-0.2, -0.15) is 5.26 Å². The number of amides is 2. The number of nitrogens with zero attached hydrogens (tertiary/aromatic N) is 2. The number of anilines is 1. The Labute approximate surface area is 168 Å². The lowest BCUT2D eigenvalue weighted by Crippen LogP contribution is -2.43. The average Bonchev–Trinajstić information content (AvgIpc) is 2.73. The van der Waals surface area contributed by atoms with Crippen molar-refractivity contribution in [1.29, 1.82) is 5.26 Å². The lowest BCUT2D eigenvalue weighted by atomic mass is 9.95. The fraction of sp³-hybridized carbons (Fsp3) is 0.286. The van der Waals surface area contributed by atoms with Crippen molar-refractivity contribution in [2.45, 2.75) is 12.8 Å². The molecule has 2 aromatic rings. The zero-order valence-electron chi connectivity index (χ0n) is 15.2. The van der Waals surface area contributed by atoms with Gasteiger partial charge in [-0.1, -0.05) is 29.8 Å². The number of benzene rings is 2. The van der Waals surface area contributed by atoms with E-state index in [1.807, 2.05) is 36.4 Å². The number of nitrogens with one attached hydrogen (secondary N) is 1. The number of ether oxygens (including phenoxy) is 1. The summed E-state index contributed by atoms with van der Waals surface area (Å²) in [6.07, 6.45) is 1.23. The molecule has 2 aromatic carbocycles. The molecule has 1 aliphatic rings. The maximum absolute atomic E-state index is 12.4. The van der Waals surface area contributed by atoms with E-state index in [0.717, 1.165) is 5.69 Å². The number of rotatable bonds is 5. The third-order valence-corrected chi connectivity index (χ3v) is 4.97. The first-order valence-corrected chi connectivity index (χ1v) is 9.41. The molecule has 3 rings (SSSR count). The Balaban J connectivity index is 1.46. The summed E-state index contributed by atoms with van der Waals surface area (Å²) in [5.74, 6) is 0.0885. The van der Waals surface area contributed by atoms with Gasteiger partial charge in [-0.15, -0.1) is 0 Å². The van der Waals surface area contributed by atoms with Crippen LogP contribution in [0.1, 0.15) is 18.4 Å².